The first kappa shape index (κ1) is 18.7. The number of nitrogens with one attached hydrogen (secondary N) is 1. The second kappa shape index (κ2) is 7.05. The van der Waals surface area contributed by atoms with Gasteiger partial charge in [-0.3, -0.25) is 4.79 Å². The number of esters is 1. The van der Waals surface area contributed by atoms with E-state index in [2.05, 4.69) is 16.9 Å². The second-order valence-electron chi connectivity index (χ2n) is 7.50. The molecule has 0 saturated heterocycles. The maximum Gasteiger partial charge on any atom is 0.342 e. The molecular formula is C21H22N2O4S. The quantitative estimate of drug-likeness (QED) is 0.650. The number of hydrogen-bond donors (Lipinski definition) is 2. The number of phenolic OH excluding ortho intramolecular Hbond substituents is 1. The van der Waals surface area contributed by atoms with E-state index in [1.807, 2.05) is 0 Å². The molecule has 2 heterocycles. The Morgan fingerprint density at radius 3 is 3.00 bits per heavy atom. The zero-order chi connectivity index (χ0) is 20.0. The molecular weight excluding hydrogens is 376 g/mol. The molecule has 146 valence electrons. The number of thiophene rings is 1. The minimum atomic E-state index is -0.748. The van der Waals surface area contributed by atoms with Crippen LogP contribution in [0.3, 0.4) is 0 Å². The van der Waals surface area contributed by atoms with Crippen LogP contribution in [0, 0.1) is 12.8 Å². The third kappa shape index (κ3) is 3.20. The Hall–Kier alpha value is -2.67. The third-order valence-electron chi connectivity index (χ3n) is 5.31. The number of phenols is 1. The summed E-state index contributed by atoms with van der Waals surface area (Å²) in [7, 11) is 0. The zero-order valence-electron chi connectivity index (χ0n) is 16.0. The number of aromatic hydroxyl groups is 1. The van der Waals surface area contributed by atoms with Crippen molar-refractivity contribution in [1.82, 2.24) is 9.97 Å². The smallest absolute Gasteiger partial charge is 0.342 e. The van der Waals surface area contributed by atoms with Gasteiger partial charge >= 0.3 is 5.97 Å². The van der Waals surface area contributed by atoms with E-state index in [4.69, 9.17) is 4.74 Å². The van der Waals surface area contributed by atoms with Gasteiger partial charge in [0.05, 0.1) is 5.39 Å². The highest BCUT2D eigenvalue weighted by Gasteiger charge is 2.25. The van der Waals surface area contributed by atoms with Gasteiger partial charge in [-0.2, -0.15) is 0 Å². The topological polar surface area (TPSA) is 92.3 Å². The van der Waals surface area contributed by atoms with E-state index in [1.54, 1.807) is 37.3 Å². The summed E-state index contributed by atoms with van der Waals surface area (Å²) in [5.41, 5.74) is 1.62. The summed E-state index contributed by atoms with van der Waals surface area (Å²) in [6.45, 7) is 5.59. The Bertz CT molecular complexity index is 1130. The Kier molecular flexibility index (Phi) is 4.71. The number of H-pyrrole nitrogens is 1. The van der Waals surface area contributed by atoms with E-state index in [1.165, 1.54) is 10.9 Å². The lowest BCUT2D eigenvalue weighted by Gasteiger charge is -2.17. The van der Waals surface area contributed by atoms with E-state index in [0.29, 0.717) is 27.5 Å². The molecule has 2 N–H and O–H groups in total. The Labute approximate surface area is 166 Å². The van der Waals surface area contributed by atoms with Crippen molar-refractivity contribution in [2.45, 2.75) is 46.1 Å². The zero-order valence-corrected chi connectivity index (χ0v) is 16.9. The van der Waals surface area contributed by atoms with E-state index in [-0.39, 0.29) is 16.9 Å². The first-order valence-electron chi connectivity index (χ1n) is 9.39. The molecule has 0 radical (unpaired) electrons. The van der Waals surface area contributed by atoms with Gasteiger partial charge in [0.2, 0.25) is 0 Å². The predicted molar refractivity (Wildman–Crippen MR) is 108 cm³/mol. The molecule has 3 aromatic rings. The molecule has 0 bridgehead atoms. The number of rotatable bonds is 3. The van der Waals surface area contributed by atoms with Crippen LogP contribution < -0.4 is 5.56 Å². The van der Waals surface area contributed by atoms with E-state index in [9.17, 15) is 14.7 Å². The fraction of sp³-hybridized carbons (Fsp3) is 0.381. The van der Waals surface area contributed by atoms with Crippen LogP contribution in [0.25, 0.3) is 10.2 Å². The molecule has 0 amide bonds. The summed E-state index contributed by atoms with van der Waals surface area (Å²) < 4.78 is 5.45. The van der Waals surface area contributed by atoms with Crippen LogP contribution in [0.15, 0.2) is 23.0 Å². The Balaban J connectivity index is 1.64. The largest absolute Gasteiger partial charge is 0.507 e. The monoisotopic (exact) mass is 398 g/mol. The molecule has 1 aromatic carbocycles. The van der Waals surface area contributed by atoms with Gasteiger partial charge in [0.15, 0.2) is 11.9 Å². The summed E-state index contributed by atoms with van der Waals surface area (Å²) in [5.74, 6) is 0.165. The van der Waals surface area contributed by atoms with Gasteiger partial charge in [-0.15, -0.1) is 11.3 Å². The molecule has 2 atom stereocenters. The standard InChI is InChI=1S/C21H22N2O4S/c1-10-7-8-13-15(9-10)28-20-16(13)19(25)22-18(23-20)12(3)27-21(26)14-6-4-5-11(2)17(14)24/h4-6,10,12,24H,7-9H2,1-3H3,(H,22,23,25)/t10-,12+/m0/s1. The van der Waals surface area contributed by atoms with Gasteiger partial charge in [-0.1, -0.05) is 19.1 Å². The van der Waals surface area contributed by atoms with Crippen molar-refractivity contribution >= 4 is 27.5 Å². The number of nitrogens with zero attached hydrogens (tertiary/aromatic N) is 1. The Morgan fingerprint density at radius 1 is 1.43 bits per heavy atom. The lowest BCUT2D eigenvalue weighted by molar-refractivity contribution is 0.0316. The van der Waals surface area contributed by atoms with Crippen molar-refractivity contribution in [1.29, 1.82) is 0 Å². The molecule has 6 nitrogen and oxygen atoms in total. The van der Waals surface area contributed by atoms with Crippen molar-refractivity contribution in [3.8, 4) is 5.75 Å². The summed E-state index contributed by atoms with van der Waals surface area (Å²) in [6.07, 6.45) is 2.20. The van der Waals surface area contributed by atoms with E-state index >= 15 is 0 Å². The van der Waals surface area contributed by atoms with Crippen molar-refractivity contribution in [3.63, 3.8) is 0 Å². The highest BCUT2D eigenvalue weighted by molar-refractivity contribution is 7.18. The third-order valence-corrected chi connectivity index (χ3v) is 6.46. The molecule has 7 heteroatoms. The summed E-state index contributed by atoms with van der Waals surface area (Å²) in [4.78, 5) is 34.4. The van der Waals surface area contributed by atoms with Crippen molar-refractivity contribution in [2.24, 2.45) is 5.92 Å². The highest BCUT2D eigenvalue weighted by Crippen LogP contribution is 2.36. The number of ether oxygens (including phenoxy) is 1. The van der Waals surface area contributed by atoms with Gasteiger partial charge in [0, 0.05) is 4.88 Å². The summed E-state index contributed by atoms with van der Waals surface area (Å²) in [6, 6.07) is 4.90. The highest BCUT2D eigenvalue weighted by atomic mass is 32.1. The number of hydrogen-bond acceptors (Lipinski definition) is 6. The lowest BCUT2D eigenvalue weighted by Crippen LogP contribution is -2.18. The molecule has 0 fully saturated rings. The van der Waals surface area contributed by atoms with Gasteiger partial charge in [0.1, 0.15) is 16.1 Å². The van der Waals surface area contributed by atoms with Gasteiger partial charge in [0.25, 0.3) is 5.56 Å². The minimum Gasteiger partial charge on any atom is -0.507 e. The number of carbonyl (C=O) groups excluding carboxylic acids is 1. The fourth-order valence-corrected chi connectivity index (χ4v) is 5.05. The molecule has 0 spiro atoms. The van der Waals surface area contributed by atoms with Crippen molar-refractivity contribution in [3.05, 3.63) is 55.9 Å². The van der Waals surface area contributed by atoms with Crippen LogP contribution in [0.1, 0.15) is 58.6 Å². The maximum atomic E-state index is 12.7. The molecule has 28 heavy (non-hydrogen) atoms. The van der Waals surface area contributed by atoms with Crippen LogP contribution in [-0.2, 0) is 17.6 Å². The molecule has 1 aliphatic carbocycles. The van der Waals surface area contributed by atoms with Gasteiger partial charge < -0.3 is 14.8 Å². The summed E-state index contributed by atoms with van der Waals surface area (Å²) >= 11 is 1.56. The van der Waals surface area contributed by atoms with E-state index < -0.39 is 12.1 Å². The molecule has 0 aliphatic heterocycles. The Morgan fingerprint density at radius 2 is 2.21 bits per heavy atom. The predicted octanol–water partition coefficient (Wildman–Crippen LogP) is 4.04. The van der Waals surface area contributed by atoms with Crippen LogP contribution in [0.5, 0.6) is 5.75 Å². The number of aryl methyl sites for hydroxylation is 2. The average molecular weight is 398 g/mol. The molecule has 1 aliphatic rings. The fourth-order valence-electron chi connectivity index (χ4n) is 3.66. The average Bonchev–Trinajstić information content (AvgIpc) is 3.01. The second-order valence-corrected chi connectivity index (χ2v) is 8.59. The number of carbonyl (C=O) groups is 1. The number of aromatic amines is 1. The maximum absolute atomic E-state index is 12.7. The van der Waals surface area contributed by atoms with Gasteiger partial charge in [-0.05, 0) is 56.2 Å². The van der Waals surface area contributed by atoms with Crippen LogP contribution in [0.2, 0.25) is 0 Å². The van der Waals surface area contributed by atoms with Crippen molar-refractivity contribution < 1.29 is 14.6 Å². The number of benzene rings is 1. The van der Waals surface area contributed by atoms with Crippen molar-refractivity contribution in [2.75, 3.05) is 0 Å². The van der Waals surface area contributed by atoms with Crippen LogP contribution >= 0.6 is 11.3 Å². The lowest BCUT2D eigenvalue weighted by atomic mass is 9.89. The number of aromatic nitrogens is 2. The van der Waals surface area contributed by atoms with Crippen LogP contribution in [-0.4, -0.2) is 21.0 Å². The van der Waals surface area contributed by atoms with Crippen LogP contribution in [0.4, 0.5) is 0 Å². The molecule has 4 rings (SSSR count). The molecule has 0 saturated carbocycles. The number of fused-ring (bicyclic) bond motifs is 3. The molecule has 2 aromatic heterocycles. The van der Waals surface area contributed by atoms with Gasteiger partial charge in [-0.25, -0.2) is 9.78 Å². The minimum absolute atomic E-state index is 0.0934. The van der Waals surface area contributed by atoms with E-state index in [0.717, 1.165) is 24.8 Å². The normalized spacial score (nSPS) is 17.3. The molecule has 0 unspecified atom stereocenters. The first-order chi connectivity index (χ1) is 13.3. The number of para-hydroxylation sites is 1. The summed E-state index contributed by atoms with van der Waals surface area (Å²) in [5, 5.41) is 10.8. The SMILES string of the molecule is Cc1cccc(C(=O)O[C@H](C)c2nc3sc4c(c3c(=O)[nH]2)CC[C@H](C)C4)c1O. The first-order valence-corrected chi connectivity index (χ1v) is 10.2.